The summed E-state index contributed by atoms with van der Waals surface area (Å²) in [5.41, 5.74) is 1.14. The number of hydrogen-bond donors (Lipinski definition) is 1. The van der Waals surface area contributed by atoms with E-state index >= 15 is 0 Å². The lowest BCUT2D eigenvalue weighted by Gasteiger charge is -2.20. The summed E-state index contributed by atoms with van der Waals surface area (Å²) in [7, 11) is -3.29. The molecule has 0 unspecified atom stereocenters. The van der Waals surface area contributed by atoms with Crippen LogP contribution in [0.4, 0.5) is 0 Å². The van der Waals surface area contributed by atoms with Crippen molar-refractivity contribution in [2.75, 3.05) is 0 Å². The molecule has 1 aliphatic rings. The highest BCUT2D eigenvalue weighted by molar-refractivity contribution is 7.89. The number of rotatable bonds is 1. The van der Waals surface area contributed by atoms with Gasteiger partial charge in [0.1, 0.15) is 0 Å². The zero-order chi connectivity index (χ0) is 8.48. The van der Waals surface area contributed by atoms with Crippen LogP contribution in [0, 0.1) is 0 Å². The Morgan fingerprint density at radius 2 is 1.82 bits per heavy atom. The lowest BCUT2D eigenvalue weighted by atomic mass is 9.96. The van der Waals surface area contributed by atoms with Gasteiger partial charge in [-0.15, -0.1) is 0 Å². The van der Waals surface area contributed by atoms with Gasteiger partial charge in [-0.05, 0) is 25.7 Å². The molecule has 64 valence electrons. The second-order valence-electron chi connectivity index (χ2n) is 3.04. The third kappa shape index (κ3) is 2.31. The first-order valence-corrected chi connectivity index (χ1v) is 5.29. The Morgan fingerprint density at radius 3 is 2.18 bits per heavy atom. The molecule has 1 saturated carbocycles. The number of allylic oxidation sites excluding steroid dienone is 1. The molecule has 0 heterocycles. The fraction of sp³-hybridized carbons (Fsp3) is 0.714. The van der Waals surface area contributed by atoms with Crippen LogP contribution in [0.15, 0.2) is 12.2 Å². The van der Waals surface area contributed by atoms with E-state index in [4.69, 9.17) is 5.14 Å². The Labute approximate surface area is 67.3 Å². The van der Waals surface area contributed by atoms with Crippen molar-refractivity contribution in [3.8, 4) is 0 Å². The summed E-state index contributed by atoms with van der Waals surface area (Å²) in [5, 5.41) is 4.67. The molecule has 0 radical (unpaired) electrons. The molecule has 0 atom stereocenters. The third-order valence-electron chi connectivity index (χ3n) is 2.10. The highest BCUT2D eigenvalue weighted by atomic mass is 32.2. The molecule has 0 saturated heterocycles. The average Bonchev–Trinajstić information content (AvgIpc) is 1.86. The van der Waals surface area contributed by atoms with E-state index in [1.165, 1.54) is 0 Å². The maximum absolute atomic E-state index is 10.8. The molecule has 1 aliphatic carbocycles. The smallest absolute Gasteiger partial charge is 0.211 e. The van der Waals surface area contributed by atoms with Gasteiger partial charge < -0.3 is 0 Å². The van der Waals surface area contributed by atoms with E-state index in [1.807, 2.05) is 0 Å². The molecule has 0 bridgehead atoms. The predicted octanol–water partition coefficient (Wildman–Crippen LogP) is 0.774. The number of hydrogen-bond acceptors (Lipinski definition) is 2. The summed E-state index contributed by atoms with van der Waals surface area (Å²) in [6.45, 7) is 3.80. The molecule has 3 nitrogen and oxygen atoms in total. The normalized spacial score (nSPS) is 22.1. The maximum Gasteiger partial charge on any atom is 0.211 e. The van der Waals surface area contributed by atoms with Crippen molar-refractivity contribution in [2.45, 2.75) is 30.9 Å². The van der Waals surface area contributed by atoms with Crippen LogP contribution in [-0.2, 0) is 10.0 Å². The fourth-order valence-corrected chi connectivity index (χ4v) is 2.22. The van der Waals surface area contributed by atoms with E-state index in [9.17, 15) is 8.42 Å². The summed E-state index contributed by atoms with van der Waals surface area (Å²) in [6, 6.07) is 0. The third-order valence-corrected chi connectivity index (χ3v) is 3.50. The molecular formula is C7H13NO2S. The Hall–Kier alpha value is -0.350. The van der Waals surface area contributed by atoms with Crippen molar-refractivity contribution >= 4 is 10.0 Å². The highest BCUT2D eigenvalue weighted by Crippen LogP contribution is 2.25. The van der Waals surface area contributed by atoms with Crippen molar-refractivity contribution in [2.24, 2.45) is 5.14 Å². The van der Waals surface area contributed by atoms with Gasteiger partial charge in [0.2, 0.25) is 10.0 Å². The summed E-state index contributed by atoms with van der Waals surface area (Å²) >= 11 is 0. The lowest BCUT2D eigenvalue weighted by Crippen LogP contribution is -2.30. The van der Waals surface area contributed by atoms with Gasteiger partial charge in [0.15, 0.2) is 0 Å². The zero-order valence-corrected chi connectivity index (χ0v) is 7.23. The second kappa shape index (κ2) is 2.95. The summed E-state index contributed by atoms with van der Waals surface area (Å²) in [6.07, 6.45) is 2.91. The average molecular weight is 175 g/mol. The monoisotopic (exact) mass is 175 g/mol. The topological polar surface area (TPSA) is 60.2 Å². The molecule has 1 rings (SSSR count). The number of sulfonamides is 1. The Balaban J connectivity index is 2.60. The Morgan fingerprint density at radius 1 is 1.36 bits per heavy atom. The molecule has 0 amide bonds. The molecule has 0 spiro atoms. The fourth-order valence-electron chi connectivity index (χ4n) is 1.33. The second-order valence-corrected chi connectivity index (χ2v) is 4.88. The van der Waals surface area contributed by atoms with Crippen LogP contribution in [0.25, 0.3) is 0 Å². The van der Waals surface area contributed by atoms with Gasteiger partial charge in [-0.25, -0.2) is 13.6 Å². The van der Waals surface area contributed by atoms with Crippen LogP contribution in [0.3, 0.4) is 0 Å². The van der Waals surface area contributed by atoms with E-state index in [2.05, 4.69) is 6.58 Å². The largest absolute Gasteiger partial charge is 0.228 e. The van der Waals surface area contributed by atoms with E-state index in [0.717, 1.165) is 18.4 Å². The van der Waals surface area contributed by atoms with E-state index in [1.54, 1.807) is 0 Å². The quantitative estimate of drug-likeness (QED) is 0.598. The molecule has 0 aliphatic heterocycles. The zero-order valence-electron chi connectivity index (χ0n) is 6.41. The van der Waals surface area contributed by atoms with E-state index < -0.39 is 10.0 Å². The Kier molecular flexibility index (Phi) is 2.34. The van der Waals surface area contributed by atoms with Gasteiger partial charge in [0.25, 0.3) is 0 Å². The van der Waals surface area contributed by atoms with Crippen molar-refractivity contribution < 1.29 is 8.42 Å². The summed E-state index contributed by atoms with van der Waals surface area (Å²) in [4.78, 5) is 0. The minimum Gasteiger partial charge on any atom is -0.228 e. The first-order valence-electron chi connectivity index (χ1n) is 3.68. The number of nitrogens with two attached hydrogens (primary N) is 1. The standard InChI is InChI=1S/C7H13NO2S/c1-6-2-4-7(5-3-6)11(8,9)10/h7H,1-5H2,(H2,8,9,10). The van der Waals surface area contributed by atoms with E-state index in [-0.39, 0.29) is 5.25 Å². The first kappa shape index (κ1) is 8.74. The minimum atomic E-state index is -3.29. The van der Waals surface area contributed by atoms with Gasteiger partial charge in [0.05, 0.1) is 5.25 Å². The summed E-state index contributed by atoms with van der Waals surface area (Å²) in [5.74, 6) is 0. The molecule has 4 heteroatoms. The lowest BCUT2D eigenvalue weighted by molar-refractivity contribution is 0.539. The molecule has 0 aromatic heterocycles. The van der Waals surface area contributed by atoms with Crippen molar-refractivity contribution in [3.05, 3.63) is 12.2 Å². The van der Waals surface area contributed by atoms with Crippen molar-refractivity contribution in [1.29, 1.82) is 0 Å². The number of primary sulfonamides is 1. The predicted molar refractivity (Wildman–Crippen MR) is 44.5 cm³/mol. The van der Waals surface area contributed by atoms with Gasteiger partial charge in [-0.2, -0.15) is 0 Å². The molecule has 0 aromatic carbocycles. The van der Waals surface area contributed by atoms with Crippen LogP contribution >= 0.6 is 0 Å². The van der Waals surface area contributed by atoms with Crippen LogP contribution < -0.4 is 5.14 Å². The maximum atomic E-state index is 10.8. The van der Waals surface area contributed by atoms with Gasteiger partial charge in [-0.3, -0.25) is 0 Å². The van der Waals surface area contributed by atoms with Gasteiger partial charge >= 0.3 is 0 Å². The van der Waals surface area contributed by atoms with Crippen LogP contribution in [0.2, 0.25) is 0 Å². The first-order chi connectivity index (χ1) is 5.00. The minimum absolute atomic E-state index is 0.326. The highest BCUT2D eigenvalue weighted by Gasteiger charge is 2.24. The molecule has 1 fully saturated rings. The van der Waals surface area contributed by atoms with Gasteiger partial charge in [0, 0.05) is 0 Å². The molecule has 2 N–H and O–H groups in total. The molecule has 0 aromatic rings. The SMILES string of the molecule is C=C1CCC(S(N)(=O)=O)CC1. The van der Waals surface area contributed by atoms with Crippen molar-refractivity contribution in [3.63, 3.8) is 0 Å². The van der Waals surface area contributed by atoms with Crippen LogP contribution in [-0.4, -0.2) is 13.7 Å². The summed E-state index contributed by atoms with van der Waals surface area (Å²) < 4.78 is 21.7. The van der Waals surface area contributed by atoms with Crippen molar-refractivity contribution in [1.82, 2.24) is 0 Å². The van der Waals surface area contributed by atoms with Crippen LogP contribution in [0.5, 0.6) is 0 Å². The molecule has 11 heavy (non-hydrogen) atoms. The Bertz CT molecular complexity index is 246. The van der Waals surface area contributed by atoms with Gasteiger partial charge in [-0.1, -0.05) is 12.2 Å². The van der Waals surface area contributed by atoms with Crippen LogP contribution in [0.1, 0.15) is 25.7 Å². The molecular weight excluding hydrogens is 162 g/mol. The van der Waals surface area contributed by atoms with E-state index in [0.29, 0.717) is 12.8 Å².